The maximum absolute atomic E-state index is 12.2. The smallest absolute Gasteiger partial charge is 0.398 e. The molecule has 0 saturated carbocycles. The highest BCUT2D eigenvalue weighted by molar-refractivity contribution is 8.00. The van der Waals surface area contributed by atoms with Gasteiger partial charge >= 0.3 is 11.7 Å². The van der Waals surface area contributed by atoms with Crippen molar-refractivity contribution in [3.63, 3.8) is 0 Å². The van der Waals surface area contributed by atoms with Crippen LogP contribution < -0.4 is 5.73 Å². The number of alkyl halides is 6. The van der Waals surface area contributed by atoms with Crippen molar-refractivity contribution < 1.29 is 26.3 Å². The molecule has 16 heavy (non-hydrogen) atoms. The number of anilines is 1. The third-order valence-electron chi connectivity index (χ3n) is 1.56. The molecule has 0 radical (unpaired) electrons. The molecule has 0 unspecified atom stereocenters. The lowest BCUT2D eigenvalue weighted by atomic mass is 10.2. The Labute approximate surface area is 90.6 Å². The second-order valence-electron chi connectivity index (χ2n) is 2.80. The van der Waals surface area contributed by atoms with E-state index in [9.17, 15) is 26.3 Å². The van der Waals surface area contributed by atoms with Crippen LogP contribution in [0.1, 0.15) is 5.56 Å². The molecule has 0 amide bonds. The molecule has 0 aliphatic heterocycles. The topological polar surface area (TPSA) is 26.0 Å². The molecule has 90 valence electrons. The van der Waals surface area contributed by atoms with Gasteiger partial charge in [0.2, 0.25) is 0 Å². The Morgan fingerprint density at radius 2 is 1.56 bits per heavy atom. The minimum absolute atomic E-state index is 0.444. The molecular weight excluding hydrogens is 256 g/mol. The number of nitrogens with two attached hydrogens (primary N) is 1. The van der Waals surface area contributed by atoms with Gasteiger partial charge in [0.25, 0.3) is 0 Å². The Bertz CT molecular complexity index is 383. The molecule has 0 aliphatic rings. The minimum Gasteiger partial charge on any atom is -0.398 e. The molecule has 0 saturated heterocycles. The van der Waals surface area contributed by atoms with Crippen molar-refractivity contribution in [2.45, 2.75) is 16.6 Å². The minimum atomic E-state index is -4.62. The van der Waals surface area contributed by atoms with Gasteiger partial charge in [0.1, 0.15) is 0 Å². The highest BCUT2D eigenvalue weighted by atomic mass is 32.2. The third kappa shape index (κ3) is 3.51. The summed E-state index contributed by atoms with van der Waals surface area (Å²) in [6.07, 6.45) is -4.62. The number of benzene rings is 1. The Hall–Kier alpha value is -1.05. The van der Waals surface area contributed by atoms with E-state index < -0.39 is 39.6 Å². The number of hydrogen-bond donors (Lipinski definition) is 1. The first kappa shape index (κ1) is 13.0. The van der Waals surface area contributed by atoms with Crippen molar-refractivity contribution in [1.82, 2.24) is 0 Å². The van der Waals surface area contributed by atoms with Gasteiger partial charge in [-0.2, -0.15) is 26.3 Å². The maximum atomic E-state index is 12.2. The highest BCUT2D eigenvalue weighted by Crippen LogP contribution is 2.41. The second-order valence-corrected chi connectivity index (χ2v) is 3.91. The lowest BCUT2D eigenvalue weighted by Gasteiger charge is -2.11. The fraction of sp³-hybridized carbons (Fsp3) is 0.250. The van der Waals surface area contributed by atoms with Gasteiger partial charge in [-0.05, 0) is 30.0 Å². The van der Waals surface area contributed by atoms with E-state index in [2.05, 4.69) is 0 Å². The lowest BCUT2D eigenvalue weighted by Crippen LogP contribution is -2.07. The van der Waals surface area contributed by atoms with Gasteiger partial charge in [0, 0.05) is 10.6 Å². The van der Waals surface area contributed by atoms with E-state index in [0.717, 1.165) is 0 Å². The summed E-state index contributed by atoms with van der Waals surface area (Å²) in [6, 6.07) is 1.74. The summed E-state index contributed by atoms with van der Waals surface area (Å²) >= 11 is -0.546. The zero-order valence-electron chi connectivity index (χ0n) is 7.49. The van der Waals surface area contributed by atoms with Gasteiger partial charge < -0.3 is 5.73 Å². The van der Waals surface area contributed by atoms with Gasteiger partial charge in [0.15, 0.2) is 0 Å². The van der Waals surface area contributed by atoms with Crippen LogP contribution in [0, 0.1) is 0 Å². The number of halogens is 6. The van der Waals surface area contributed by atoms with Crippen LogP contribution in [0.15, 0.2) is 23.1 Å². The van der Waals surface area contributed by atoms with Gasteiger partial charge in [-0.1, -0.05) is 0 Å². The molecule has 1 nitrogen and oxygen atoms in total. The standard InChI is InChI=1S/C8H5F6NS/c9-7(10,11)4-1-2-6(5(15)3-4)16-8(12,13)14/h1-3H,15H2. The van der Waals surface area contributed by atoms with Crippen LogP contribution >= 0.6 is 11.8 Å². The molecule has 0 aromatic heterocycles. The van der Waals surface area contributed by atoms with Gasteiger partial charge in [-0.15, -0.1) is 0 Å². The number of thioether (sulfide) groups is 1. The zero-order chi connectivity index (χ0) is 12.6. The Morgan fingerprint density at radius 3 is 1.94 bits per heavy atom. The molecular formula is C8H5F6NS. The molecule has 0 aliphatic carbocycles. The number of nitrogen functional groups attached to an aromatic ring is 1. The molecule has 2 N–H and O–H groups in total. The monoisotopic (exact) mass is 261 g/mol. The van der Waals surface area contributed by atoms with Crippen LogP contribution in [-0.2, 0) is 6.18 Å². The molecule has 0 bridgehead atoms. The first-order valence-electron chi connectivity index (χ1n) is 3.82. The van der Waals surface area contributed by atoms with Crippen molar-refractivity contribution in [2.24, 2.45) is 0 Å². The first-order chi connectivity index (χ1) is 7.09. The summed E-state index contributed by atoms with van der Waals surface area (Å²) in [5, 5.41) is 0. The maximum Gasteiger partial charge on any atom is 0.446 e. The van der Waals surface area contributed by atoms with Crippen LogP contribution in [0.4, 0.5) is 32.0 Å². The number of rotatable bonds is 1. The van der Waals surface area contributed by atoms with Crippen LogP contribution in [0.3, 0.4) is 0 Å². The van der Waals surface area contributed by atoms with Gasteiger partial charge in [0.05, 0.1) is 5.56 Å². The second kappa shape index (κ2) is 4.08. The lowest BCUT2D eigenvalue weighted by molar-refractivity contribution is -0.137. The molecule has 1 aromatic rings. The predicted molar refractivity (Wildman–Crippen MR) is 47.8 cm³/mol. The largest absolute Gasteiger partial charge is 0.446 e. The predicted octanol–water partition coefficient (Wildman–Crippen LogP) is 3.90. The Kier molecular flexibility index (Phi) is 3.32. The molecule has 0 heterocycles. The van der Waals surface area contributed by atoms with Crippen molar-refractivity contribution >= 4 is 17.4 Å². The highest BCUT2D eigenvalue weighted by Gasteiger charge is 2.33. The zero-order valence-corrected chi connectivity index (χ0v) is 8.30. The van der Waals surface area contributed by atoms with E-state index in [0.29, 0.717) is 18.2 Å². The summed E-state index contributed by atoms with van der Waals surface area (Å²) in [7, 11) is 0. The van der Waals surface area contributed by atoms with Gasteiger partial charge in [-0.25, -0.2) is 0 Å². The average molecular weight is 261 g/mol. The molecule has 0 atom stereocenters. The van der Waals surface area contributed by atoms with E-state index in [1.165, 1.54) is 0 Å². The number of hydrogen-bond acceptors (Lipinski definition) is 2. The summed E-state index contributed by atoms with van der Waals surface area (Å²) < 4.78 is 72.3. The first-order valence-corrected chi connectivity index (χ1v) is 4.64. The average Bonchev–Trinajstić information content (AvgIpc) is 2.04. The summed E-state index contributed by atoms with van der Waals surface area (Å²) in [5.74, 6) is 0. The van der Waals surface area contributed by atoms with Gasteiger partial charge in [-0.3, -0.25) is 0 Å². The summed E-state index contributed by atoms with van der Waals surface area (Å²) in [4.78, 5) is -0.444. The van der Waals surface area contributed by atoms with Crippen LogP contribution in [0.2, 0.25) is 0 Å². The SMILES string of the molecule is Nc1cc(C(F)(F)F)ccc1SC(F)(F)F. The third-order valence-corrected chi connectivity index (χ3v) is 2.39. The molecule has 0 fully saturated rings. The normalized spacial score (nSPS) is 12.9. The van der Waals surface area contributed by atoms with Crippen molar-refractivity contribution in [1.29, 1.82) is 0 Å². The van der Waals surface area contributed by atoms with Crippen molar-refractivity contribution in [3.8, 4) is 0 Å². The van der Waals surface area contributed by atoms with E-state index in [-0.39, 0.29) is 0 Å². The molecule has 0 spiro atoms. The Balaban J connectivity index is 3.01. The summed E-state index contributed by atoms with van der Waals surface area (Å²) in [5.41, 5.74) is -1.09. The van der Waals surface area contributed by atoms with Crippen molar-refractivity contribution in [2.75, 3.05) is 5.73 Å². The van der Waals surface area contributed by atoms with E-state index in [4.69, 9.17) is 5.73 Å². The molecule has 1 aromatic carbocycles. The van der Waals surface area contributed by atoms with E-state index in [1.807, 2.05) is 0 Å². The van der Waals surface area contributed by atoms with E-state index in [1.54, 1.807) is 0 Å². The fourth-order valence-corrected chi connectivity index (χ4v) is 1.50. The quantitative estimate of drug-likeness (QED) is 0.471. The Morgan fingerprint density at radius 1 is 1.00 bits per heavy atom. The molecule has 1 rings (SSSR count). The van der Waals surface area contributed by atoms with Crippen LogP contribution in [0.5, 0.6) is 0 Å². The van der Waals surface area contributed by atoms with Crippen LogP contribution in [0.25, 0.3) is 0 Å². The molecule has 8 heteroatoms. The van der Waals surface area contributed by atoms with Crippen molar-refractivity contribution in [3.05, 3.63) is 23.8 Å². The van der Waals surface area contributed by atoms with E-state index >= 15 is 0 Å². The van der Waals surface area contributed by atoms with Crippen LogP contribution in [-0.4, -0.2) is 5.51 Å². The summed E-state index contributed by atoms with van der Waals surface area (Å²) in [6.45, 7) is 0. The fourth-order valence-electron chi connectivity index (χ4n) is 0.942.